The maximum Gasteiger partial charge on any atom is 0.338 e. The van der Waals surface area contributed by atoms with Crippen molar-refractivity contribution in [3.05, 3.63) is 29.3 Å². The Kier molecular flexibility index (Phi) is 4.54. The molecule has 0 spiro atoms. The van der Waals surface area contributed by atoms with Crippen molar-refractivity contribution in [2.75, 3.05) is 24.6 Å². The zero-order chi connectivity index (χ0) is 14.7. The van der Waals surface area contributed by atoms with Gasteiger partial charge in [-0.2, -0.15) is 0 Å². The molecule has 0 aliphatic carbocycles. The lowest BCUT2D eigenvalue weighted by atomic mass is 10.1. The van der Waals surface area contributed by atoms with Crippen LogP contribution in [0, 0.1) is 11.6 Å². The van der Waals surface area contributed by atoms with Crippen molar-refractivity contribution in [2.45, 2.75) is 25.9 Å². The lowest BCUT2D eigenvalue weighted by Crippen LogP contribution is -2.33. The SMILES string of the molecule is CCN(CC1CCCO1)c1ccc(C(=O)O)c(F)c1F. The van der Waals surface area contributed by atoms with Gasteiger partial charge in [-0.25, -0.2) is 13.6 Å². The first-order valence-electron chi connectivity index (χ1n) is 6.62. The Labute approximate surface area is 116 Å². The molecule has 0 aromatic heterocycles. The predicted octanol–water partition coefficient (Wildman–Crippen LogP) is 2.67. The molecule has 110 valence electrons. The van der Waals surface area contributed by atoms with E-state index in [1.54, 1.807) is 4.90 Å². The number of anilines is 1. The number of carbonyl (C=O) groups is 1. The molecule has 0 radical (unpaired) electrons. The molecule has 1 aromatic carbocycles. The second-order valence-electron chi connectivity index (χ2n) is 4.74. The number of benzene rings is 1. The molecule has 1 aliphatic heterocycles. The van der Waals surface area contributed by atoms with Crippen LogP contribution >= 0.6 is 0 Å². The van der Waals surface area contributed by atoms with Gasteiger partial charge in [0.1, 0.15) is 0 Å². The van der Waals surface area contributed by atoms with Crippen molar-refractivity contribution in [2.24, 2.45) is 0 Å². The van der Waals surface area contributed by atoms with Crippen LogP contribution in [0.25, 0.3) is 0 Å². The number of hydrogen-bond acceptors (Lipinski definition) is 3. The van der Waals surface area contributed by atoms with Gasteiger partial charge in [0, 0.05) is 19.7 Å². The van der Waals surface area contributed by atoms with Crippen molar-refractivity contribution >= 4 is 11.7 Å². The van der Waals surface area contributed by atoms with Crippen LogP contribution in [0.5, 0.6) is 0 Å². The van der Waals surface area contributed by atoms with Crippen LogP contribution in [-0.2, 0) is 4.74 Å². The number of aromatic carboxylic acids is 1. The maximum atomic E-state index is 14.0. The van der Waals surface area contributed by atoms with Crippen LogP contribution in [0.15, 0.2) is 12.1 Å². The Hall–Kier alpha value is -1.69. The number of halogens is 2. The Morgan fingerprint density at radius 2 is 2.20 bits per heavy atom. The first-order valence-corrected chi connectivity index (χ1v) is 6.62. The third-order valence-corrected chi connectivity index (χ3v) is 3.46. The summed E-state index contributed by atoms with van der Waals surface area (Å²) in [5.74, 6) is -3.92. The van der Waals surface area contributed by atoms with E-state index in [0.29, 0.717) is 19.7 Å². The Bertz CT molecular complexity index is 501. The van der Waals surface area contributed by atoms with Gasteiger partial charge in [-0.05, 0) is 31.9 Å². The number of carboxylic acids is 1. The average molecular weight is 285 g/mol. The van der Waals surface area contributed by atoms with E-state index in [2.05, 4.69) is 0 Å². The lowest BCUT2D eigenvalue weighted by molar-refractivity contribution is 0.0690. The van der Waals surface area contributed by atoms with Crippen molar-refractivity contribution < 1.29 is 23.4 Å². The predicted molar refractivity (Wildman–Crippen MR) is 70.2 cm³/mol. The van der Waals surface area contributed by atoms with E-state index in [0.717, 1.165) is 18.9 Å². The molecule has 1 N–H and O–H groups in total. The summed E-state index contributed by atoms with van der Waals surface area (Å²) in [6.45, 7) is 3.48. The summed E-state index contributed by atoms with van der Waals surface area (Å²) in [6.07, 6.45) is 1.88. The van der Waals surface area contributed by atoms with Gasteiger partial charge in [0.25, 0.3) is 0 Å². The molecule has 4 nitrogen and oxygen atoms in total. The molecule has 1 aliphatic rings. The maximum absolute atomic E-state index is 14.0. The Balaban J connectivity index is 2.25. The highest BCUT2D eigenvalue weighted by Gasteiger charge is 2.24. The third kappa shape index (κ3) is 2.90. The van der Waals surface area contributed by atoms with Crippen molar-refractivity contribution in [3.63, 3.8) is 0 Å². The molecule has 1 saturated heterocycles. The first kappa shape index (κ1) is 14.7. The minimum atomic E-state index is -1.48. The number of likely N-dealkylation sites (N-methyl/N-ethyl adjacent to an activating group) is 1. The van der Waals surface area contributed by atoms with Crippen LogP contribution in [0.4, 0.5) is 14.5 Å². The van der Waals surface area contributed by atoms with Gasteiger partial charge in [0.05, 0.1) is 17.4 Å². The van der Waals surface area contributed by atoms with Crippen molar-refractivity contribution in [1.29, 1.82) is 0 Å². The molecule has 0 bridgehead atoms. The quantitative estimate of drug-likeness (QED) is 0.903. The van der Waals surface area contributed by atoms with E-state index in [9.17, 15) is 13.6 Å². The molecule has 1 heterocycles. The van der Waals surface area contributed by atoms with Gasteiger partial charge in [-0.1, -0.05) is 0 Å². The molecule has 6 heteroatoms. The Morgan fingerprint density at radius 3 is 2.75 bits per heavy atom. The smallest absolute Gasteiger partial charge is 0.338 e. The fourth-order valence-electron chi connectivity index (χ4n) is 2.38. The number of nitrogens with zero attached hydrogens (tertiary/aromatic N) is 1. The minimum Gasteiger partial charge on any atom is -0.478 e. The zero-order valence-corrected chi connectivity index (χ0v) is 11.2. The van der Waals surface area contributed by atoms with Gasteiger partial charge >= 0.3 is 5.97 Å². The van der Waals surface area contributed by atoms with Gasteiger partial charge in [0.15, 0.2) is 11.6 Å². The fourth-order valence-corrected chi connectivity index (χ4v) is 2.38. The molecular formula is C14H17F2NO3. The summed E-state index contributed by atoms with van der Waals surface area (Å²) < 4.78 is 33.2. The average Bonchev–Trinajstić information content (AvgIpc) is 2.92. The molecule has 1 atom stereocenters. The van der Waals surface area contributed by atoms with Crippen LogP contribution in [0.1, 0.15) is 30.1 Å². The van der Waals surface area contributed by atoms with E-state index in [4.69, 9.17) is 9.84 Å². The minimum absolute atomic E-state index is 0.0107. The monoisotopic (exact) mass is 285 g/mol. The topological polar surface area (TPSA) is 49.8 Å². The van der Waals surface area contributed by atoms with Crippen molar-refractivity contribution in [1.82, 2.24) is 0 Å². The second-order valence-corrected chi connectivity index (χ2v) is 4.74. The number of hydrogen-bond donors (Lipinski definition) is 1. The van der Waals surface area contributed by atoms with Gasteiger partial charge in [-0.3, -0.25) is 0 Å². The molecular weight excluding hydrogens is 268 g/mol. The molecule has 2 rings (SSSR count). The molecule has 1 aromatic rings. The number of carboxylic acid groups (broad SMARTS) is 1. The molecule has 20 heavy (non-hydrogen) atoms. The van der Waals surface area contributed by atoms with Gasteiger partial charge < -0.3 is 14.7 Å². The highest BCUT2D eigenvalue weighted by molar-refractivity contribution is 5.88. The second kappa shape index (κ2) is 6.17. The van der Waals surface area contributed by atoms with Crippen LogP contribution < -0.4 is 4.90 Å². The summed E-state index contributed by atoms with van der Waals surface area (Å²) in [6, 6.07) is 2.40. The van der Waals surface area contributed by atoms with Gasteiger partial charge in [0.2, 0.25) is 0 Å². The van der Waals surface area contributed by atoms with Crippen LogP contribution in [-0.4, -0.2) is 36.9 Å². The van der Waals surface area contributed by atoms with Gasteiger partial charge in [-0.15, -0.1) is 0 Å². The molecule has 0 saturated carbocycles. The van der Waals surface area contributed by atoms with Crippen molar-refractivity contribution in [3.8, 4) is 0 Å². The Morgan fingerprint density at radius 1 is 1.45 bits per heavy atom. The lowest BCUT2D eigenvalue weighted by Gasteiger charge is -2.26. The summed E-state index contributed by atoms with van der Waals surface area (Å²) in [5, 5.41) is 8.77. The highest BCUT2D eigenvalue weighted by Crippen LogP contribution is 2.26. The summed E-state index contributed by atoms with van der Waals surface area (Å²) in [7, 11) is 0. The van der Waals surface area contributed by atoms with E-state index >= 15 is 0 Å². The molecule has 1 unspecified atom stereocenters. The molecule has 1 fully saturated rings. The summed E-state index contributed by atoms with van der Waals surface area (Å²) in [5.41, 5.74) is -0.579. The summed E-state index contributed by atoms with van der Waals surface area (Å²) in [4.78, 5) is 12.4. The largest absolute Gasteiger partial charge is 0.478 e. The molecule has 0 amide bonds. The number of ether oxygens (including phenoxy) is 1. The summed E-state index contributed by atoms with van der Waals surface area (Å²) >= 11 is 0. The first-order chi connectivity index (χ1) is 9.54. The van der Waals surface area contributed by atoms with Crippen LogP contribution in [0.3, 0.4) is 0 Å². The van der Waals surface area contributed by atoms with E-state index in [1.807, 2.05) is 6.92 Å². The third-order valence-electron chi connectivity index (χ3n) is 3.46. The van der Waals surface area contributed by atoms with E-state index in [-0.39, 0.29) is 11.8 Å². The zero-order valence-electron chi connectivity index (χ0n) is 11.2. The van der Waals surface area contributed by atoms with Crippen LogP contribution in [0.2, 0.25) is 0 Å². The number of rotatable bonds is 5. The highest BCUT2D eigenvalue weighted by atomic mass is 19.2. The fraction of sp³-hybridized carbons (Fsp3) is 0.500. The van der Waals surface area contributed by atoms with E-state index < -0.39 is 23.2 Å². The standard InChI is InChI=1S/C14H17F2NO3/c1-2-17(8-9-4-3-7-20-9)11-6-5-10(14(18)19)12(15)13(11)16/h5-6,9H,2-4,7-8H2,1H3,(H,18,19). The van der Waals surface area contributed by atoms with E-state index in [1.165, 1.54) is 6.07 Å². The normalized spacial score (nSPS) is 18.2.